The molecule has 168 valence electrons. The summed E-state index contributed by atoms with van der Waals surface area (Å²) in [7, 11) is 1.82. The van der Waals surface area contributed by atoms with E-state index in [1.165, 1.54) is 25.3 Å². The number of aromatic nitrogens is 3. The lowest BCUT2D eigenvalue weighted by atomic mass is 10.0. The van der Waals surface area contributed by atoms with Crippen LogP contribution in [0.3, 0.4) is 0 Å². The Morgan fingerprint density at radius 1 is 1.16 bits per heavy atom. The number of hydrogen-bond donors (Lipinski definition) is 2. The number of hydrogen-bond acceptors (Lipinski definition) is 4. The second kappa shape index (κ2) is 10.6. The molecule has 2 aromatic rings. The van der Waals surface area contributed by atoms with Crippen LogP contribution in [-0.2, 0) is 19.4 Å². The topological polar surface area (TPSA) is 70.4 Å². The summed E-state index contributed by atoms with van der Waals surface area (Å²) in [6.07, 6.45) is 8.73. The first-order valence-corrected chi connectivity index (χ1v) is 11.6. The fourth-order valence-corrected chi connectivity index (χ4v) is 4.53. The van der Waals surface area contributed by atoms with Crippen molar-refractivity contribution in [2.45, 2.75) is 64.0 Å². The van der Waals surface area contributed by atoms with Gasteiger partial charge < -0.3 is 20.1 Å². The summed E-state index contributed by atoms with van der Waals surface area (Å²) < 4.78 is 15.8. The molecule has 8 heteroatoms. The monoisotopic (exact) mass is 427 g/mol. The van der Waals surface area contributed by atoms with Crippen molar-refractivity contribution in [3.63, 3.8) is 0 Å². The minimum absolute atomic E-state index is 0.176. The number of nitrogens with one attached hydrogen (secondary N) is 2. The first-order chi connectivity index (χ1) is 15.2. The maximum atomic E-state index is 13.5. The highest BCUT2D eigenvalue weighted by Crippen LogP contribution is 2.20. The van der Waals surface area contributed by atoms with E-state index >= 15 is 0 Å². The van der Waals surface area contributed by atoms with Crippen LogP contribution in [0.15, 0.2) is 29.3 Å². The number of anilines is 1. The van der Waals surface area contributed by atoms with Gasteiger partial charge in [-0.2, -0.15) is 0 Å². The van der Waals surface area contributed by atoms with Gasteiger partial charge in [0.15, 0.2) is 5.96 Å². The van der Waals surface area contributed by atoms with Crippen LogP contribution in [0.25, 0.3) is 0 Å². The molecule has 1 saturated heterocycles. The van der Waals surface area contributed by atoms with E-state index in [2.05, 4.69) is 35.3 Å². The minimum Gasteiger partial charge on any atom is -0.371 e. The smallest absolute Gasteiger partial charge is 0.191 e. The molecule has 7 nitrogen and oxygen atoms in total. The minimum atomic E-state index is -0.176. The zero-order valence-corrected chi connectivity index (χ0v) is 18.5. The second-order valence-corrected chi connectivity index (χ2v) is 8.48. The quantitative estimate of drug-likeness (QED) is 0.421. The number of aryl methyl sites for hydroxylation is 2. The summed E-state index contributed by atoms with van der Waals surface area (Å²) in [6, 6.07) is 7.24. The summed E-state index contributed by atoms with van der Waals surface area (Å²) in [4.78, 5) is 6.64. The predicted octanol–water partition coefficient (Wildman–Crippen LogP) is 2.91. The third-order valence-electron chi connectivity index (χ3n) is 6.29. The normalized spacial score (nSPS) is 17.9. The van der Waals surface area contributed by atoms with Crippen LogP contribution in [-0.4, -0.2) is 53.4 Å². The van der Waals surface area contributed by atoms with Crippen LogP contribution in [0.1, 0.15) is 50.2 Å². The summed E-state index contributed by atoms with van der Waals surface area (Å²) in [5.74, 6) is 2.95. The molecule has 0 spiro atoms. The number of guanidine groups is 1. The molecule has 2 aliphatic rings. The molecule has 31 heavy (non-hydrogen) atoms. The molecule has 1 aromatic carbocycles. The van der Waals surface area contributed by atoms with Gasteiger partial charge in [0.1, 0.15) is 17.5 Å². The van der Waals surface area contributed by atoms with E-state index in [4.69, 9.17) is 0 Å². The van der Waals surface area contributed by atoms with E-state index in [1.54, 1.807) is 12.1 Å². The van der Waals surface area contributed by atoms with Crippen LogP contribution in [0.2, 0.25) is 0 Å². The molecule has 0 atom stereocenters. The molecule has 2 aliphatic heterocycles. The Morgan fingerprint density at radius 2 is 2.03 bits per heavy atom. The Hall–Kier alpha value is -2.64. The van der Waals surface area contributed by atoms with Crippen LogP contribution >= 0.6 is 0 Å². The number of nitrogens with zero attached hydrogens (tertiary/aromatic N) is 5. The third kappa shape index (κ3) is 5.74. The van der Waals surface area contributed by atoms with Gasteiger partial charge in [-0.15, -0.1) is 10.2 Å². The number of aliphatic imine (C=N–C) groups is 1. The summed E-state index contributed by atoms with van der Waals surface area (Å²) in [5.41, 5.74) is 0.965. The van der Waals surface area contributed by atoms with Gasteiger partial charge in [0, 0.05) is 57.8 Å². The van der Waals surface area contributed by atoms with Crippen molar-refractivity contribution in [1.29, 1.82) is 0 Å². The van der Waals surface area contributed by atoms with Crippen LogP contribution in [0.5, 0.6) is 0 Å². The van der Waals surface area contributed by atoms with Crippen molar-refractivity contribution in [3.8, 4) is 0 Å². The van der Waals surface area contributed by atoms with Gasteiger partial charge >= 0.3 is 0 Å². The van der Waals surface area contributed by atoms with E-state index in [9.17, 15) is 4.39 Å². The molecule has 3 heterocycles. The SMILES string of the molecule is CN=C(NCCCc1nnc2n1CCCCC2)NC1CCN(c2cccc(F)c2)CC1. The van der Waals surface area contributed by atoms with E-state index in [-0.39, 0.29) is 5.82 Å². The van der Waals surface area contributed by atoms with E-state index in [0.717, 1.165) is 81.6 Å². The van der Waals surface area contributed by atoms with Gasteiger partial charge in [0.05, 0.1) is 0 Å². The molecule has 0 aliphatic carbocycles. The first-order valence-electron chi connectivity index (χ1n) is 11.6. The van der Waals surface area contributed by atoms with Gasteiger partial charge in [-0.1, -0.05) is 12.5 Å². The predicted molar refractivity (Wildman–Crippen MR) is 122 cm³/mol. The highest BCUT2D eigenvalue weighted by atomic mass is 19.1. The van der Waals surface area contributed by atoms with Crippen LogP contribution in [0, 0.1) is 5.82 Å². The molecule has 2 N–H and O–H groups in total. The van der Waals surface area contributed by atoms with Gasteiger partial charge in [-0.3, -0.25) is 4.99 Å². The lowest BCUT2D eigenvalue weighted by Gasteiger charge is -2.34. The van der Waals surface area contributed by atoms with Crippen LogP contribution < -0.4 is 15.5 Å². The van der Waals surface area contributed by atoms with Crippen molar-refractivity contribution >= 4 is 11.6 Å². The molecule has 0 amide bonds. The summed E-state index contributed by atoms with van der Waals surface area (Å²) >= 11 is 0. The maximum absolute atomic E-state index is 13.5. The van der Waals surface area contributed by atoms with Gasteiger partial charge in [-0.05, 0) is 50.3 Å². The van der Waals surface area contributed by atoms with Crippen molar-refractivity contribution in [2.24, 2.45) is 4.99 Å². The van der Waals surface area contributed by atoms with Gasteiger partial charge in [0.2, 0.25) is 0 Å². The zero-order valence-electron chi connectivity index (χ0n) is 18.5. The van der Waals surface area contributed by atoms with E-state index < -0.39 is 0 Å². The molecular weight excluding hydrogens is 393 g/mol. The Labute approximate surface area is 184 Å². The maximum Gasteiger partial charge on any atom is 0.191 e. The van der Waals surface area contributed by atoms with Crippen molar-refractivity contribution in [3.05, 3.63) is 41.7 Å². The highest BCUT2D eigenvalue weighted by Gasteiger charge is 2.20. The molecule has 4 rings (SSSR count). The molecule has 1 fully saturated rings. The van der Waals surface area contributed by atoms with E-state index in [1.807, 2.05) is 13.1 Å². The van der Waals surface area contributed by atoms with Crippen molar-refractivity contribution < 1.29 is 4.39 Å². The Balaban J connectivity index is 1.18. The molecule has 0 bridgehead atoms. The van der Waals surface area contributed by atoms with Gasteiger partial charge in [0.25, 0.3) is 0 Å². The largest absolute Gasteiger partial charge is 0.371 e. The third-order valence-corrected chi connectivity index (χ3v) is 6.29. The fourth-order valence-electron chi connectivity index (χ4n) is 4.53. The standard InChI is InChI=1S/C23H34FN7/c1-25-23(26-13-6-10-22-29-28-21-9-3-2-4-14-31(21)22)27-19-11-15-30(16-12-19)20-8-5-7-18(24)17-20/h5,7-8,17,19H,2-4,6,9-16H2,1H3,(H2,25,26,27). The Kier molecular flexibility index (Phi) is 7.38. The Morgan fingerprint density at radius 3 is 2.84 bits per heavy atom. The van der Waals surface area contributed by atoms with Crippen molar-refractivity contribution in [1.82, 2.24) is 25.4 Å². The first kappa shape index (κ1) is 21.6. The van der Waals surface area contributed by atoms with Crippen LogP contribution in [0.4, 0.5) is 10.1 Å². The molecule has 0 saturated carbocycles. The lowest BCUT2D eigenvalue weighted by Crippen LogP contribution is -2.49. The summed E-state index contributed by atoms with van der Waals surface area (Å²) in [5, 5.41) is 15.8. The van der Waals surface area contributed by atoms with Gasteiger partial charge in [-0.25, -0.2) is 4.39 Å². The molecule has 0 unspecified atom stereocenters. The second-order valence-electron chi connectivity index (χ2n) is 8.48. The van der Waals surface area contributed by atoms with Crippen molar-refractivity contribution in [2.75, 3.05) is 31.6 Å². The average Bonchev–Trinajstić information content (AvgIpc) is 3.01. The lowest BCUT2D eigenvalue weighted by molar-refractivity contribution is 0.460. The highest BCUT2D eigenvalue weighted by molar-refractivity contribution is 5.79. The summed E-state index contributed by atoms with van der Waals surface area (Å²) in [6.45, 7) is 3.73. The molecular formula is C23H34FN7. The Bertz CT molecular complexity index is 871. The number of halogens is 1. The molecule has 0 radical (unpaired) electrons. The average molecular weight is 428 g/mol. The number of rotatable bonds is 6. The zero-order chi connectivity index (χ0) is 21.5. The van der Waals surface area contributed by atoms with E-state index in [0.29, 0.717) is 6.04 Å². The number of fused-ring (bicyclic) bond motifs is 1. The number of piperidine rings is 1. The number of benzene rings is 1. The fraction of sp³-hybridized carbons (Fsp3) is 0.609. The molecule has 1 aromatic heterocycles.